The van der Waals surface area contributed by atoms with Crippen LogP contribution in [0.5, 0.6) is 0 Å². The van der Waals surface area contributed by atoms with E-state index in [0.29, 0.717) is 11.4 Å². The van der Waals surface area contributed by atoms with Gasteiger partial charge in [-0.15, -0.1) is 0 Å². The van der Waals surface area contributed by atoms with Crippen molar-refractivity contribution >= 4 is 11.4 Å². The number of benzene rings is 1. The molecule has 1 saturated carbocycles. The minimum Gasteiger partial charge on any atom is -0.398 e. The van der Waals surface area contributed by atoms with Gasteiger partial charge in [-0.1, -0.05) is 11.7 Å². The number of alkyl halides is 4. The van der Waals surface area contributed by atoms with Crippen LogP contribution in [0.25, 0.3) is 0 Å². The maximum Gasteiger partial charge on any atom is 0.335 e. The van der Waals surface area contributed by atoms with Gasteiger partial charge in [0.1, 0.15) is 12.7 Å². The van der Waals surface area contributed by atoms with Gasteiger partial charge in [0.05, 0.1) is 18.3 Å². The molecule has 126 valence electrons. The van der Waals surface area contributed by atoms with E-state index in [4.69, 9.17) is 15.3 Å². The summed E-state index contributed by atoms with van der Waals surface area (Å²) < 4.78 is 56.5. The molecule has 1 aliphatic heterocycles. The maximum absolute atomic E-state index is 13.1. The zero-order chi connectivity index (χ0) is 16.8. The van der Waals surface area contributed by atoms with E-state index < -0.39 is 24.4 Å². The van der Waals surface area contributed by atoms with Crippen LogP contribution in [-0.4, -0.2) is 24.6 Å². The van der Waals surface area contributed by atoms with Crippen LogP contribution in [0, 0.1) is 6.92 Å². The van der Waals surface area contributed by atoms with E-state index in [-0.39, 0.29) is 12.4 Å². The molecule has 0 saturated heterocycles. The Kier molecular flexibility index (Phi) is 3.64. The fourth-order valence-corrected chi connectivity index (χ4v) is 2.22. The molecule has 9 heteroatoms. The molecular weight excluding hydrogens is 318 g/mol. The number of hydrogen-bond donors (Lipinski definition) is 2. The lowest BCUT2D eigenvalue weighted by Gasteiger charge is -2.42. The van der Waals surface area contributed by atoms with E-state index in [2.05, 4.69) is 5.59 Å². The number of hydrogen-bond acceptors (Lipinski definition) is 5. The second kappa shape index (κ2) is 5.27. The first-order valence-corrected chi connectivity index (χ1v) is 6.86. The summed E-state index contributed by atoms with van der Waals surface area (Å²) in [7, 11) is 0. The van der Waals surface area contributed by atoms with E-state index in [1.165, 1.54) is 11.2 Å². The highest BCUT2D eigenvalue weighted by Gasteiger charge is 2.72. The standard InChI is InChI=1S/C14H15F4N3O2/c1-8-2-3-9(4-11(8)19)21-6-10(23-20-21)7-22-12-5-13(15,16)14(12,17)18/h2-4,6,12,20H,5,7,19H2,1H3. The molecule has 1 aliphatic carbocycles. The minimum atomic E-state index is -4.15. The summed E-state index contributed by atoms with van der Waals surface area (Å²) in [6, 6.07) is 5.29. The molecule has 1 heterocycles. The van der Waals surface area contributed by atoms with E-state index in [0.717, 1.165) is 5.56 Å². The monoisotopic (exact) mass is 333 g/mol. The number of nitrogens with one attached hydrogen (secondary N) is 1. The van der Waals surface area contributed by atoms with Crippen LogP contribution < -0.4 is 16.3 Å². The summed E-state index contributed by atoms with van der Waals surface area (Å²) in [5, 5.41) is 1.47. The zero-order valence-electron chi connectivity index (χ0n) is 12.2. The summed E-state index contributed by atoms with van der Waals surface area (Å²) in [6.45, 7) is 1.51. The molecule has 1 atom stereocenters. The van der Waals surface area contributed by atoms with Crippen molar-refractivity contribution in [1.29, 1.82) is 0 Å². The molecule has 1 aromatic rings. The Labute approximate surface area is 129 Å². The molecule has 0 bridgehead atoms. The smallest absolute Gasteiger partial charge is 0.335 e. The van der Waals surface area contributed by atoms with Crippen molar-refractivity contribution < 1.29 is 27.1 Å². The van der Waals surface area contributed by atoms with Crippen molar-refractivity contribution in [3.05, 3.63) is 35.7 Å². The van der Waals surface area contributed by atoms with Gasteiger partial charge in [0.15, 0.2) is 5.76 Å². The van der Waals surface area contributed by atoms with Gasteiger partial charge in [0.2, 0.25) is 0 Å². The highest BCUT2D eigenvalue weighted by Crippen LogP contribution is 2.52. The Bertz CT molecular complexity index is 651. The molecule has 1 fully saturated rings. The first-order valence-electron chi connectivity index (χ1n) is 6.86. The normalized spacial score (nSPS) is 24.8. The lowest BCUT2D eigenvalue weighted by Crippen LogP contribution is -2.63. The second-order valence-electron chi connectivity index (χ2n) is 5.53. The molecule has 2 aliphatic rings. The van der Waals surface area contributed by atoms with Crippen LogP contribution in [0.4, 0.5) is 28.9 Å². The topological polar surface area (TPSA) is 59.8 Å². The first kappa shape index (κ1) is 15.9. The first-order chi connectivity index (χ1) is 10.7. The molecule has 3 rings (SSSR count). The molecule has 5 nitrogen and oxygen atoms in total. The molecule has 0 aromatic heterocycles. The Hall–Kier alpha value is -2.00. The Morgan fingerprint density at radius 3 is 2.74 bits per heavy atom. The molecule has 1 aromatic carbocycles. The third-order valence-electron chi connectivity index (χ3n) is 3.85. The number of rotatable bonds is 4. The number of anilines is 2. The number of ether oxygens (including phenoxy) is 1. The fourth-order valence-electron chi connectivity index (χ4n) is 2.22. The molecule has 23 heavy (non-hydrogen) atoms. The second-order valence-corrected chi connectivity index (χ2v) is 5.53. The molecule has 0 spiro atoms. The van der Waals surface area contributed by atoms with Crippen molar-refractivity contribution in [2.45, 2.75) is 31.3 Å². The predicted molar refractivity (Wildman–Crippen MR) is 74.6 cm³/mol. The average Bonchev–Trinajstić information content (AvgIpc) is 2.95. The third kappa shape index (κ3) is 2.70. The highest BCUT2D eigenvalue weighted by atomic mass is 19.3. The van der Waals surface area contributed by atoms with Gasteiger partial charge < -0.3 is 15.3 Å². The molecule has 1 unspecified atom stereocenters. The van der Waals surface area contributed by atoms with Crippen molar-refractivity contribution in [3.63, 3.8) is 0 Å². The lowest BCUT2D eigenvalue weighted by atomic mass is 9.85. The van der Waals surface area contributed by atoms with Crippen molar-refractivity contribution in [2.24, 2.45) is 0 Å². The summed E-state index contributed by atoms with van der Waals surface area (Å²) >= 11 is 0. The van der Waals surface area contributed by atoms with Gasteiger partial charge in [-0.05, 0) is 24.6 Å². The number of halogens is 4. The SMILES string of the molecule is Cc1ccc(N2C=C(COC3CC(F)(F)C3(F)F)ON2)cc1N. The van der Waals surface area contributed by atoms with Crippen LogP contribution in [0.1, 0.15) is 12.0 Å². The Balaban J connectivity index is 1.59. The summed E-state index contributed by atoms with van der Waals surface area (Å²) in [5.74, 6) is -7.97. The quantitative estimate of drug-likeness (QED) is 0.655. The Morgan fingerprint density at radius 1 is 1.39 bits per heavy atom. The minimum absolute atomic E-state index is 0.190. The average molecular weight is 333 g/mol. The predicted octanol–water partition coefficient (Wildman–Crippen LogP) is 2.73. The summed E-state index contributed by atoms with van der Waals surface area (Å²) in [4.78, 5) is 5.07. The summed E-state index contributed by atoms with van der Waals surface area (Å²) in [5.41, 5.74) is 10.5. The van der Waals surface area contributed by atoms with E-state index in [1.807, 2.05) is 13.0 Å². The fraction of sp³-hybridized carbons (Fsp3) is 0.429. The molecule has 0 radical (unpaired) electrons. The summed E-state index contributed by atoms with van der Waals surface area (Å²) in [6.07, 6.45) is -1.34. The van der Waals surface area contributed by atoms with Gasteiger partial charge in [0.25, 0.3) is 0 Å². The lowest BCUT2D eigenvalue weighted by molar-refractivity contribution is -0.340. The number of aryl methyl sites for hydroxylation is 1. The third-order valence-corrected chi connectivity index (χ3v) is 3.85. The number of hydrazine groups is 1. The number of nitrogens with two attached hydrogens (primary N) is 1. The highest BCUT2D eigenvalue weighted by molar-refractivity contribution is 5.60. The molecule has 0 amide bonds. The van der Waals surface area contributed by atoms with Crippen LogP contribution in [-0.2, 0) is 9.57 Å². The molecule has 3 N–H and O–H groups in total. The van der Waals surface area contributed by atoms with Crippen LogP contribution in [0.2, 0.25) is 0 Å². The van der Waals surface area contributed by atoms with Gasteiger partial charge in [-0.2, -0.15) is 17.6 Å². The molecular formula is C14H15F4N3O2. The van der Waals surface area contributed by atoms with E-state index >= 15 is 0 Å². The largest absolute Gasteiger partial charge is 0.398 e. The Morgan fingerprint density at radius 2 is 2.13 bits per heavy atom. The van der Waals surface area contributed by atoms with Crippen LogP contribution >= 0.6 is 0 Å². The van der Waals surface area contributed by atoms with Gasteiger partial charge >= 0.3 is 11.8 Å². The van der Waals surface area contributed by atoms with Gasteiger partial charge in [0, 0.05) is 5.69 Å². The van der Waals surface area contributed by atoms with Crippen LogP contribution in [0.15, 0.2) is 30.2 Å². The van der Waals surface area contributed by atoms with Crippen molar-refractivity contribution in [3.8, 4) is 0 Å². The maximum atomic E-state index is 13.1. The number of nitrogens with zero attached hydrogens (tertiary/aromatic N) is 1. The number of nitrogen functional groups attached to an aromatic ring is 1. The van der Waals surface area contributed by atoms with Gasteiger partial charge in [-0.25, -0.2) is 5.01 Å². The van der Waals surface area contributed by atoms with Gasteiger partial charge in [-0.3, -0.25) is 0 Å². The van der Waals surface area contributed by atoms with Crippen LogP contribution in [0.3, 0.4) is 0 Å². The van der Waals surface area contributed by atoms with Crippen molar-refractivity contribution in [2.75, 3.05) is 17.3 Å². The van der Waals surface area contributed by atoms with E-state index in [1.54, 1.807) is 12.1 Å². The van der Waals surface area contributed by atoms with E-state index in [9.17, 15) is 17.6 Å². The van der Waals surface area contributed by atoms with Crippen molar-refractivity contribution in [1.82, 2.24) is 5.59 Å². The zero-order valence-corrected chi connectivity index (χ0v) is 12.2.